The molecule has 0 unspecified atom stereocenters. The smallest absolute Gasteiger partial charge is 0.157 e. The number of thioether (sulfide) groups is 1. The summed E-state index contributed by atoms with van der Waals surface area (Å²) < 4.78 is 0. The van der Waals surface area contributed by atoms with Crippen LogP contribution in [0.3, 0.4) is 0 Å². The van der Waals surface area contributed by atoms with Gasteiger partial charge >= 0.3 is 0 Å². The van der Waals surface area contributed by atoms with Gasteiger partial charge in [-0.3, -0.25) is 4.99 Å². The Labute approximate surface area is 90.9 Å². The van der Waals surface area contributed by atoms with Gasteiger partial charge in [0.2, 0.25) is 0 Å². The topological polar surface area (TPSA) is 24.4 Å². The molecule has 0 radical (unpaired) electrons. The number of rotatable bonds is 3. The summed E-state index contributed by atoms with van der Waals surface area (Å²) in [6.07, 6.45) is 6.40. The normalized spacial score (nSPS) is 28.9. The van der Waals surface area contributed by atoms with Crippen LogP contribution < -0.4 is 5.32 Å². The van der Waals surface area contributed by atoms with Gasteiger partial charge in [0.1, 0.15) is 0 Å². The highest BCUT2D eigenvalue weighted by atomic mass is 32.2. The average molecular weight is 212 g/mol. The van der Waals surface area contributed by atoms with Crippen LogP contribution in [0.15, 0.2) is 4.99 Å². The van der Waals surface area contributed by atoms with Gasteiger partial charge in [0, 0.05) is 11.3 Å². The largest absolute Gasteiger partial charge is 0.359 e. The van der Waals surface area contributed by atoms with Gasteiger partial charge in [0.15, 0.2) is 5.17 Å². The van der Waals surface area contributed by atoms with E-state index in [1.54, 1.807) is 0 Å². The van der Waals surface area contributed by atoms with Crippen LogP contribution in [0.25, 0.3) is 0 Å². The predicted molar refractivity (Wildman–Crippen MR) is 64.0 cm³/mol. The van der Waals surface area contributed by atoms with Gasteiger partial charge < -0.3 is 5.32 Å². The van der Waals surface area contributed by atoms with Gasteiger partial charge in [0.05, 0.1) is 6.04 Å². The van der Waals surface area contributed by atoms with Gasteiger partial charge in [-0.2, -0.15) is 0 Å². The summed E-state index contributed by atoms with van der Waals surface area (Å²) >= 11 is 1.91. The fourth-order valence-corrected chi connectivity index (χ4v) is 3.29. The van der Waals surface area contributed by atoms with Crippen molar-refractivity contribution >= 4 is 16.9 Å². The van der Waals surface area contributed by atoms with Crippen molar-refractivity contribution in [3.8, 4) is 0 Å². The first kappa shape index (κ1) is 10.3. The molecule has 1 saturated heterocycles. The fraction of sp³-hybridized carbons (Fsp3) is 0.909. The van der Waals surface area contributed by atoms with E-state index in [-0.39, 0.29) is 0 Å². The molecule has 2 fully saturated rings. The van der Waals surface area contributed by atoms with Crippen molar-refractivity contribution in [2.24, 2.45) is 4.99 Å². The van der Waals surface area contributed by atoms with E-state index >= 15 is 0 Å². The van der Waals surface area contributed by atoms with Gasteiger partial charge in [-0.05, 0) is 32.1 Å². The third kappa shape index (κ3) is 1.92. The highest BCUT2D eigenvalue weighted by Gasteiger charge is 2.34. The van der Waals surface area contributed by atoms with Crippen molar-refractivity contribution in [2.75, 3.05) is 5.75 Å². The Bertz CT molecular complexity index is 229. The second-order valence-electron chi connectivity index (χ2n) is 4.42. The fourth-order valence-electron chi connectivity index (χ4n) is 1.89. The van der Waals surface area contributed by atoms with Crippen LogP contribution in [0, 0.1) is 0 Å². The highest BCUT2D eigenvalue weighted by Crippen LogP contribution is 2.31. The first-order valence-corrected chi connectivity index (χ1v) is 6.75. The summed E-state index contributed by atoms with van der Waals surface area (Å²) in [7, 11) is 0. The van der Waals surface area contributed by atoms with Crippen LogP contribution >= 0.6 is 11.8 Å². The average Bonchev–Trinajstić information content (AvgIpc) is 2.56. The van der Waals surface area contributed by atoms with E-state index in [0.717, 1.165) is 0 Å². The third-order valence-electron chi connectivity index (χ3n) is 3.59. The Balaban J connectivity index is 1.95. The monoisotopic (exact) mass is 212 g/mol. The van der Waals surface area contributed by atoms with E-state index in [1.807, 2.05) is 11.8 Å². The predicted octanol–water partition coefficient (Wildman–Crippen LogP) is 2.79. The lowest BCUT2D eigenvalue weighted by Crippen LogP contribution is -2.42. The second-order valence-corrected chi connectivity index (χ2v) is 5.38. The van der Waals surface area contributed by atoms with Gasteiger partial charge in [-0.15, -0.1) is 0 Å². The summed E-state index contributed by atoms with van der Waals surface area (Å²) in [5.41, 5.74) is 0.341. The molecule has 80 valence electrons. The van der Waals surface area contributed by atoms with Crippen LogP contribution in [0.5, 0.6) is 0 Å². The van der Waals surface area contributed by atoms with E-state index in [1.165, 1.54) is 43.0 Å². The molecule has 2 nitrogen and oxygen atoms in total. The van der Waals surface area contributed by atoms with Crippen LogP contribution in [-0.2, 0) is 0 Å². The molecule has 0 amide bonds. The van der Waals surface area contributed by atoms with E-state index in [4.69, 9.17) is 4.99 Å². The van der Waals surface area contributed by atoms with Crippen molar-refractivity contribution in [1.29, 1.82) is 0 Å². The number of nitrogens with one attached hydrogen (secondary N) is 1. The molecule has 0 spiro atoms. The van der Waals surface area contributed by atoms with Crippen molar-refractivity contribution in [2.45, 2.75) is 57.5 Å². The first-order chi connectivity index (χ1) is 6.78. The number of aliphatic imine (C=N–C) groups is 1. The molecule has 14 heavy (non-hydrogen) atoms. The minimum absolute atomic E-state index is 0.341. The summed E-state index contributed by atoms with van der Waals surface area (Å²) in [5.74, 6) is 1.20. The molecule has 0 aromatic heterocycles. The molecule has 0 aromatic rings. The molecule has 3 heteroatoms. The van der Waals surface area contributed by atoms with Crippen LogP contribution in [-0.4, -0.2) is 22.5 Å². The zero-order valence-corrected chi connectivity index (χ0v) is 9.99. The summed E-state index contributed by atoms with van der Waals surface area (Å²) in [4.78, 5) is 4.74. The molecule has 2 rings (SSSR count). The van der Waals surface area contributed by atoms with Crippen molar-refractivity contribution < 1.29 is 0 Å². The number of hydrogen-bond acceptors (Lipinski definition) is 2. The first-order valence-electron chi connectivity index (χ1n) is 5.77. The maximum absolute atomic E-state index is 4.74. The lowest BCUT2D eigenvalue weighted by Gasteiger charge is -2.26. The maximum Gasteiger partial charge on any atom is 0.157 e. The van der Waals surface area contributed by atoms with E-state index in [0.29, 0.717) is 11.6 Å². The van der Waals surface area contributed by atoms with Gasteiger partial charge in [-0.25, -0.2) is 0 Å². The molecule has 0 atom stereocenters. The Morgan fingerprint density at radius 2 is 2.14 bits per heavy atom. The summed E-state index contributed by atoms with van der Waals surface area (Å²) in [6.45, 7) is 4.53. The van der Waals surface area contributed by atoms with Crippen molar-refractivity contribution in [1.82, 2.24) is 5.32 Å². The van der Waals surface area contributed by atoms with Crippen LogP contribution in [0.4, 0.5) is 0 Å². The van der Waals surface area contributed by atoms with Crippen LogP contribution in [0.1, 0.15) is 46.0 Å². The molecule has 2 aliphatic rings. The molecule has 1 aliphatic carbocycles. The maximum atomic E-state index is 4.74. The molecular weight excluding hydrogens is 192 g/mol. The standard InChI is InChI=1S/C11H20N2S/c1-3-11(4-2)8-14-10(13-11)12-9-6-5-7-9/h9H,3-8H2,1-2H3,(H,12,13). The SMILES string of the molecule is CCC1(CC)CSC(=NC2CCC2)N1. The molecule has 0 aromatic carbocycles. The van der Waals surface area contributed by atoms with Crippen LogP contribution in [0.2, 0.25) is 0 Å². The summed E-state index contributed by atoms with van der Waals surface area (Å²) in [6, 6.07) is 0.634. The molecule has 1 heterocycles. The zero-order chi connectivity index (χ0) is 10.0. The molecule has 1 N–H and O–H groups in total. The third-order valence-corrected chi connectivity index (χ3v) is 4.76. The lowest BCUT2D eigenvalue weighted by atomic mass is 9.94. The Morgan fingerprint density at radius 3 is 2.57 bits per heavy atom. The minimum atomic E-state index is 0.341. The lowest BCUT2D eigenvalue weighted by molar-refractivity contribution is 0.397. The quantitative estimate of drug-likeness (QED) is 0.778. The number of hydrogen-bond donors (Lipinski definition) is 1. The minimum Gasteiger partial charge on any atom is -0.359 e. The Kier molecular flexibility index (Phi) is 3.05. The molecule has 0 bridgehead atoms. The Morgan fingerprint density at radius 1 is 1.43 bits per heavy atom. The number of nitrogens with zero attached hydrogens (tertiary/aromatic N) is 1. The van der Waals surface area contributed by atoms with Gasteiger partial charge in [-0.1, -0.05) is 25.6 Å². The molecular formula is C11H20N2S. The van der Waals surface area contributed by atoms with Crippen molar-refractivity contribution in [3.05, 3.63) is 0 Å². The van der Waals surface area contributed by atoms with E-state index < -0.39 is 0 Å². The Hall–Kier alpha value is -0.180. The highest BCUT2D eigenvalue weighted by molar-refractivity contribution is 8.14. The number of amidine groups is 1. The second kappa shape index (κ2) is 4.13. The molecule has 1 saturated carbocycles. The van der Waals surface area contributed by atoms with E-state index in [9.17, 15) is 0 Å². The van der Waals surface area contributed by atoms with Gasteiger partial charge in [0.25, 0.3) is 0 Å². The van der Waals surface area contributed by atoms with Crippen molar-refractivity contribution in [3.63, 3.8) is 0 Å². The summed E-state index contributed by atoms with van der Waals surface area (Å²) in [5, 5.41) is 4.82. The molecule has 1 aliphatic heterocycles. The zero-order valence-electron chi connectivity index (χ0n) is 9.18. The van der Waals surface area contributed by atoms with E-state index in [2.05, 4.69) is 19.2 Å².